The number of unbranched alkanes of at least 4 members (excludes halogenated alkanes) is 5. The summed E-state index contributed by atoms with van der Waals surface area (Å²) < 4.78 is 38.6. The van der Waals surface area contributed by atoms with Crippen molar-refractivity contribution in [2.45, 2.75) is 133 Å². The molecule has 0 aliphatic rings. The molecule has 0 radical (unpaired) electrons. The van der Waals surface area contributed by atoms with Crippen molar-refractivity contribution in [3.05, 3.63) is 77.9 Å². The number of sulfone groups is 1. The summed E-state index contributed by atoms with van der Waals surface area (Å²) in [5.74, 6) is -0.762. The topological polar surface area (TPSA) is 145 Å². The number of benzene rings is 3. The molecule has 0 saturated heterocycles. The first-order valence-corrected chi connectivity index (χ1v) is 19.2. The second-order valence-electron chi connectivity index (χ2n) is 14.3. The van der Waals surface area contributed by atoms with Gasteiger partial charge in [-0.1, -0.05) is 92.7 Å². The third-order valence-electron chi connectivity index (χ3n) is 9.81. The minimum absolute atomic E-state index is 0.00674. The van der Waals surface area contributed by atoms with E-state index in [1.165, 1.54) is 54.1 Å². The highest BCUT2D eigenvalue weighted by atomic mass is 32.2. The highest BCUT2D eigenvalue weighted by Gasteiger charge is 2.41. The zero-order chi connectivity index (χ0) is 37.2. The predicted molar refractivity (Wildman–Crippen MR) is 197 cm³/mol. The molecular weight excluding hydrogens is 653 g/mol. The Balaban J connectivity index is 1.88. The van der Waals surface area contributed by atoms with Gasteiger partial charge in [0.15, 0.2) is 6.61 Å². The smallest absolute Gasteiger partial charge is 0.283 e. The van der Waals surface area contributed by atoms with E-state index < -0.39 is 27.4 Å². The second-order valence-corrected chi connectivity index (χ2v) is 16.3. The molecule has 2 amide bonds. The van der Waals surface area contributed by atoms with Crippen molar-refractivity contribution in [1.82, 2.24) is 5.32 Å². The number of nitrogens with two attached hydrogens (primary N) is 1. The van der Waals surface area contributed by atoms with Crippen LogP contribution in [0.25, 0.3) is 0 Å². The molecule has 4 N–H and O–H groups in total. The lowest BCUT2D eigenvalue weighted by Gasteiger charge is -2.33. The van der Waals surface area contributed by atoms with Crippen LogP contribution in [-0.4, -0.2) is 37.7 Å². The van der Waals surface area contributed by atoms with E-state index >= 15 is 0 Å². The van der Waals surface area contributed by atoms with Crippen molar-refractivity contribution >= 4 is 21.7 Å². The number of phenols is 1. The molecule has 1 unspecified atom stereocenters. The van der Waals surface area contributed by atoms with Gasteiger partial charge in [-0.25, -0.2) is 8.42 Å². The molecule has 3 rings (SSSR count). The third kappa shape index (κ3) is 10.2. The van der Waals surface area contributed by atoms with Crippen molar-refractivity contribution in [2.75, 3.05) is 6.61 Å². The van der Waals surface area contributed by atoms with Crippen LogP contribution >= 0.6 is 0 Å². The van der Waals surface area contributed by atoms with Crippen molar-refractivity contribution in [3.8, 4) is 17.2 Å². The zero-order valence-corrected chi connectivity index (χ0v) is 31.6. The van der Waals surface area contributed by atoms with Crippen LogP contribution in [0, 0.1) is 0 Å². The maximum absolute atomic E-state index is 13.5. The van der Waals surface area contributed by atoms with Gasteiger partial charge < -0.3 is 25.6 Å². The second kappa shape index (κ2) is 17.2. The molecule has 10 heteroatoms. The van der Waals surface area contributed by atoms with Gasteiger partial charge in [0.2, 0.25) is 9.84 Å². The van der Waals surface area contributed by atoms with Crippen LogP contribution in [0.1, 0.15) is 117 Å². The van der Waals surface area contributed by atoms with Crippen LogP contribution in [-0.2, 0) is 30.3 Å². The molecule has 0 spiro atoms. The highest BCUT2D eigenvalue weighted by molar-refractivity contribution is 7.91. The summed E-state index contributed by atoms with van der Waals surface area (Å²) in [5, 5.41) is 12.3. The first-order valence-electron chi connectivity index (χ1n) is 17.7. The lowest BCUT2D eigenvalue weighted by molar-refractivity contribution is -0.145. The molecule has 9 nitrogen and oxygen atoms in total. The summed E-state index contributed by atoms with van der Waals surface area (Å²) in [5.41, 5.74) is 6.00. The number of hydrogen-bond acceptors (Lipinski definition) is 7. The van der Waals surface area contributed by atoms with Crippen LogP contribution in [0.5, 0.6) is 17.2 Å². The van der Waals surface area contributed by atoms with Crippen LogP contribution in [0.4, 0.5) is 0 Å². The summed E-state index contributed by atoms with van der Waals surface area (Å²) in [6, 6.07) is 16.9. The molecule has 0 aromatic heterocycles. The van der Waals surface area contributed by atoms with E-state index in [0.717, 1.165) is 50.5 Å². The number of carbonyl (C=O) groups excluding carboxylic acids is 2. The average molecular weight is 709 g/mol. The molecule has 1 atom stereocenters. The fourth-order valence-corrected chi connectivity index (χ4v) is 6.84. The van der Waals surface area contributed by atoms with E-state index in [1.807, 2.05) is 12.1 Å². The predicted octanol–water partition coefficient (Wildman–Crippen LogP) is 8.11. The first-order chi connectivity index (χ1) is 23.5. The standard InChI is InChI=1S/C40H56N2O7S/c1-8-11-12-13-14-15-26-40(37(41)45,49-31-19-23-33(24-20-31)50(46,47)32-21-17-30(43)18-22-32)42-36(44)28-48-35-25-16-29(38(4,5)9-2)27-34(35)39(6,7)10-3/h16-25,27,43H,8-15,26,28H2,1-7H3,(H2,41,45)(H,42,44). The van der Waals surface area contributed by atoms with Crippen molar-refractivity contribution in [2.24, 2.45) is 5.73 Å². The quantitative estimate of drug-likeness (QED) is 0.0794. The third-order valence-corrected chi connectivity index (χ3v) is 11.6. The van der Waals surface area contributed by atoms with Crippen LogP contribution < -0.4 is 20.5 Å². The molecule has 3 aromatic carbocycles. The van der Waals surface area contributed by atoms with Crippen molar-refractivity contribution in [3.63, 3.8) is 0 Å². The molecule has 3 aromatic rings. The zero-order valence-electron chi connectivity index (χ0n) is 30.8. The van der Waals surface area contributed by atoms with Gasteiger partial charge >= 0.3 is 0 Å². The van der Waals surface area contributed by atoms with Gasteiger partial charge in [0.05, 0.1) is 9.79 Å². The van der Waals surface area contributed by atoms with Crippen molar-refractivity contribution < 1.29 is 32.6 Å². The lowest BCUT2D eigenvalue weighted by Crippen LogP contribution is -2.62. The largest absolute Gasteiger partial charge is 0.508 e. The number of primary amides is 1. The normalized spacial score (nSPS) is 13.3. The SMILES string of the molecule is CCCCCCCCC(NC(=O)COc1ccc(C(C)(C)CC)cc1C(C)(C)CC)(Oc1ccc(S(=O)(=O)c2ccc(O)cc2)cc1)C(N)=O. The van der Waals surface area contributed by atoms with Gasteiger partial charge in [0.25, 0.3) is 17.5 Å². The number of nitrogens with one attached hydrogen (secondary N) is 1. The van der Waals surface area contributed by atoms with Crippen molar-refractivity contribution in [1.29, 1.82) is 0 Å². The Morgan fingerprint density at radius 2 is 1.34 bits per heavy atom. The molecule has 0 aliphatic heterocycles. The number of amides is 2. The van der Waals surface area contributed by atoms with Gasteiger partial charge in [-0.05, 0) is 90.3 Å². The monoisotopic (exact) mass is 708 g/mol. The van der Waals surface area contributed by atoms with Gasteiger partial charge in [-0.2, -0.15) is 0 Å². The molecule has 50 heavy (non-hydrogen) atoms. The maximum Gasteiger partial charge on any atom is 0.283 e. The van der Waals surface area contributed by atoms with E-state index in [1.54, 1.807) is 0 Å². The Kier molecular flexibility index (Phi) is 13.9. The van der Waals surface area contributed by atoms with Gasteiger partial charge in [-0.3, -0.25) is 9.59 Å². The Hall–Kier alpha value is -4.05. The van der Waals surface area contributed by atoms with Crippen LogP contribution in [0.3, 0.4) is 0 Å². The van der Waals surface area contributed by atoms with Gasteiger partial charge in [0.1, 0.15) is 17.2 Å². The summed E-state index contributed by atoms with van der Waals surface area (Å²) in [6.07, 6.45) is 7.53. The van der Waals surface area contributed by atoms with E-state index in [4.69, 9.17) is 15.2 Å². The molecule has 0 fully saturated rings. The van der Waals surface area contributed by atoms with Crippen LogP contribution in [0.2, 0.25) is 0 Å². The Morgan fingerprint density at radius 3 is 1.90 bits per heavy atom. The minimum atomic E-state index is -3.88. The Bertz CT molecular complexity index is 1680. The Labute approximate surface area is 298 Å². The fraction of sp³-hybridized carbons (Fsp3) is 0.500. The van der Waals surface area contributed by atoms with Gasteiger partial charge in [-0.15, -0.1) is 0 Å². The summed E-state index contributed by atoms with van der Waals surface area (Å²) in [4.78, 5) is 26.7. The maximum atomic E-state index is 13.5. The fourth-order valence-electron chi connectivity index (χ4n) is 5.58. The molecule has 0 saturated carbocycles. The molecule has 0 bridgehead atoms. The Morgan fingerprint density at radius 1 is 0.780 bits per heavy atom. The van der Waals surface area contributed by atoms with E-state index in [0.29, 0.717) is 12.2 Å². The molecule has 0 heterocycles. The molecule has 0 aliphatic carbocycles. The van der Waals surface area contributed by atoms with E-state index in [9.17, 15) is 23.1 Å². The lowest BCUT2D eigenvalue weighted by atomic mass is 9.76. The average Bonchev–Trinajstić information content (AvgIpc) is 3.09. The number of hydrogen-bond donors (Lipinski definition) is 3. The first kappa shape index (κ1) is 40.4. The highest BCUT2D eigenvalue weighted by Crippen LogP contribution is 2.38. The summed E-state index contributed by atoms with van der Waals surface area (Å²) in [6.45, 7) is 14.7. The molecular formula is C40H56N2O7S. The number of carbonyl (C=O) groups is 2. The van der Waals surface area contributed by atoms with E-state index in [2.05, 4.69) is 59.8 Å². The van der Waals surface area contributed by atoms with Gasteiger partial charge in [0, 0.05) is 12.0 Å². The number of ether oxygens (including phenoxy) is 2. The van der Waals surface area contributed by atoms with Crippen LogP contribution in [0.15, 0.2) is 76.5 Å². The minimum Gasteiger partial charge on any atom is -0.508 e. The number of aromatic hydroxyl groups is 1. The number of rotatable bonds is 20. The summed E-state index contributed by atoms with van der Waals surface area (Å²) >= 11 is 0. The number of phenolic OH excluding ortho intramolecular Hbond substituents is 1. The molecule has 274 valence electrons. The van der Waals surface area contributed by atoms with E-state index in [-0.39, 0.29) is 45.1 Å². The summed E-state index contributed by atoms with van der Waals surface area (Å²) in [7, 11) is -3.88.